The fourth-order valence-electron chi connectivity index (χ4n) is 3.50. The van der Waals surface area contributed by atoms with Crippen molar-refractivity contribution in [2.45, 2.75) is 83.5 Å². The van der Waals surface area contributed by atoms with Crippen LogP contribution in [0, 0.1) is 0 Å². The average molecular weight is 514 g/mol. The van der Waals surface area contributed by atoms with Crippen LogP contribution in [-0.4, -0.2) is 45.1 Å². The van der Waals surface area contributed by atoms with Crippen LogP contribution in [0.4, 0.5) is 4.79 Å². The standard InChI is InChI=1S/C28H43N3O4Si/c1-21(17-22-13-9-7-10-14-22)31-26(32)25(29)18-24(35-36(5,6)28(2,3)4)19-30-27(33)34-20-23-15-11-8-12-16-23/h7-16,21,24-25H,17-20,29H2,1-6H3,(H,30,33)(H,31,32)/t21?,24-,25+/m1/s1. The van der Waals surface area contributed by atoms with E-state index in [9.17, 15) is 9.59 Å². The van der Waals surface area contributed by atoms with Gasteiger partial charge in [0.1, 0.15) is 6.61 Å². The predicted molar refractivity (Wildman–Crippen MR) is 147 cm³/mol. The van der Waals surface area contributed by atoms with Crippen LogP contribution in [0.3, 0.4) is 0 Å². The Balaban J connectivity index is 1.95. The molecule has 0 saturated carbocycles. The van der Waals surface area contributed by atoms with E-state index in [1.807, 2.05) is 67.6 Å². The van der Waals surface area contributed by atoms with Crippen molar-refractivity contribution in [3.05, 3.63) is 71.8 Å². The molecule has 36 heavy (non-hydrogen) atoms. The highest BCUT2D eigenvalue weighted by Gasteiger charge is 2.39. The molecule has 8 heteroatoms. The van der Waals surface area contributed by atoms with Gasteiger partial charge in [-0.2, -0.15) is 0 Å². The van der Waals surface area contributed by atoms with Crippen LogP contribution in [-0.2, 0) is 27.0 Å². The van der Waals surface area contributed by atoms with Crippen LogP contribution < -0.4 is 16.4 Å². The topological polar surface area (TPSA) is 103 Å². The number of hydrogen-bond donors (Lipinski definition) is 3. The summed E-state index contributed by atoms with van der Waals surface area (Å²) in [4.78, 5) is 25.2. The number of amides is 2. The van der Waals surface area contributed by atoms with Crippen molar-refractivity contribution in [3.63, 3.8) is 0 Å². The van der Waals surface area contributed by atoms with Gasteiger partial charge < -0.3 is 25.5 Å². The molecule has 0 aliphatic carbocycles. The molecule has 0 saturated heterocycles. The molecule has 0 fully saturated rings. The fraction of sp³-hybridized carbons (Fsp3) is 0.500. The fourth-order valence-corrected chi connectivity index (χ4v) is 4.86. The number of carbonyl (C=O) groups is 2. The molecule has 0 aromatic heterocycles. The first-order chi connectivity index (χ1) is 16.9. The summed E-state index contributed by atoms with van der Waals surface area (Å²) in [5.74, 6) is -0.228. The summed E-state index contributed by atoms with van der Waals surface area (Å²) in [5, 5.41) is 5.77. The van der Waals surface area contributed by atoms with E-state index in [1.165, 1.54) is 0 Å². The lowest BCUT2D eigenvalue weighted by atomic mass is 10.1. The molecular formula is C28H43N3O4Si. The van der Waals surface area contributed by atoms with Crippen molar-refractivity contribution >= 4 is 20.3 Å². The van der Waals surface area contributed by atoms with Crippen molar-refractivity contribution in [1.82, 2.24) is 10.6 Å². The van der Waals surface area contributed by atoms with Crippen molar-refractivity contribution in [3.8, 4) is 0 Å². The molecule has 0 aliphatic heterocycles. The Morgan fingerprint density at radius 1 is 0.972 bits per heavy atom. The number of hydrogen-bond acceptors (Lipinski definition) is 5. The van der Waals surface area contributed by atoms with Crippen molar-refractivity contribution in [1.29, 1.82) is 0 Å². The lowest BCUT2D eigenvalue weighted by Gasteiger charge is -2.39. The molecule has 0 spiro atoms. The SMILES string of the molecule is CC(Cc1ccccc1)NC(=O)[C@@H](N)C[C@H](CNC(=O)OCc1ccccc1)O[Si](C)(C)C(C)(C)C. The molecule has 0 bridgehead atoms. The van der Waals surface area contributed by atoms with Crippen molar-refractivity contribution in [2.75, 3.05) is 6.54 Å². The van der Waals surface area contributed by atoms with Gasteiger partial charge in [0.25, 0.3) is 0 Å². The van der Waals surface area contributed by atoms with Gasteiger partial charge in [-0.25, -0.2) is 4.79 Å². The zero-order chi connectivity index (χ0) is 26.8. The van der Waals surface area contributed by atoms with Gasteiger partial charge in [0, 0.05) is 12.6 Å². The zero-order valence-corrected chi connectivity index (χ0v) is 23.5. The molecule has 2 amide bonds. The maximum atomic E-state index is 12.8. The Labute approximate surface area is 217 Å². The Kier molecular flexibility index (Phi) is 11.1. The smallest absolute Gasteiger partial charge is 0.407 e. The van der Waals surface area contributed by atoms with E-state index in [-0.39, 0.29) is 36.6 Å². The molecule has 2 rings (SSSR count). The van der Waals surface area contributed by atoms with E-state index >= 15 is 0 Å². The van der Waals surface area contributed by atoms with Gasteiger partial charge in [-0.3, -0.25) is 4.79 Å². The Hall–Kier alpha value is -2.68. The number of ether oxygens (including phenoxy) is 1. The van der Waals surface area contributed by atoms with Crippen LogP contribution in [0.2, 0.25) is 18.1 Å². The van der Waals surface area contributed by atoms with E-state index in [0.29, 0.717) is 0 Å². The molecule has 4 N–H and O–H groups in total. The molecule has 1 unspecified atom stereocenters. The van der Waals surface area contributed by atoms with Crippen LogP contribution in [0.1, 0.15) is 45.2 Å². The normalized spacial score (nSPS) is 14.4. The van der Waals surface area contributed by atoms with E-state index in [2.05, 4.69) is 44.5 Å². The van der Waals surface area contributed by atoms with Gasteiger partial charge in [0.05, 0.1) is 12.1 Å². The van der Waals surface area contributed by atoms with Crippen LogP contribution in [0.5, 0.6) is 0 Å². The average Bonchev–Trinajstić information content (AvgIpc) is 2.81. The number of benzene rings is 2. The Morgan fingerprint density at radius 2 is 1.53 bits per heavy atom. The number of rotatable bonds is 12. The number of nitrogens with two attached hydrogens (primary N) is 1. The van der Waals surface area contributed by atoms with E-state index in [0.717, 1.165) is 17.5 Å². The molecule has 0 radical (unpaired) electrons. The molecule has 0 aliphatic rings. The predicted octanol–water partition coefficient (Wildman–Crippen LogP) is 4.77. The molecule has 3 atom stereocenters. The lowest BCUT2D eigenvalue weighted by Crippen LogP contribution is -2.51. The largest absolute Gasteiger partial charge is 0.445 e. The van der Waals surface area contributed by atoms with Gasteiger partial charge in [0.2, 0.25) is 5.91 Å². The Morgan fingerprint density at radius 3 is 2.08 bits per heavy atom. The first kappa shape index (κ1) is 29.5. The highest BCUT2D eigenvalue weighted by Crippen LogP contribution is 2.37. The first-order valence-corrected chi connectivity index (χ1v) is 15.5. The third kappa shape index (κ3) is 10.1. The number of alkyl carbamates (subject to hydrolysis) is 1. The highest BCUT2D eigenvalue weighted by molar-refractivity contribution is 6.74. The van der Waals surface area contributed by atoms with Gasteiger partial charge in [-0.05, 0) is 49.0 Å². The van der Waals surface area contributed by atoms with Crippen molar-refractivity contribution < 1.29 is 18.8 Å². The number of nitrogens with one attached hydrogen (secondary N) is 2. The summed E-state index contributed by atoms with van der Waals surface area (Å²) < 4.78 is 11.9. The summed E-state index contributed by atoms with van der Waals surface area (Å²) in [6.45, 7) is 13.1. The van der Waals surface area contributed by atoms with Crippen molar-refractivity contribution in [2.24, 2.45) is 5.73 Å². The monoisotopic (exact) mass is 513 g/mol. The molecule has 2 aromatic rings. The van der Waals surface area contributed by atoms with Gasteiger partial charge in [0.15, 0.2) is 8.32 Å². The quantitative estimate of drug-likeness (QED) is 0.355. The zero-order valence-electron chi connectivity index (χ0n) is 22.5. The second-order valence-corrected chi connectivity index (χ2v) is 15.6. The minimum absolute atomic E-state index is 0.0321. The second-order valence-electron chi connectivity index (χ2n) is 10.9. The maximum absolute atomic E-state index is 12.8. The summed E-state index contributed by atoms with van der Waals surface area (Å²) >= 11 is 0. The lowest BCUT2D eigenvalue weighted by molar-refractivity contribution is -0.123. The highest BCUT2D eigenvalue weighted by atomic mass is 28.4. The molecular weight excluding hydrogens is 470 g/mol. The van der Waals surface area contributed by atoms with Crippen LogP contribution >= 0.6 is 0 Å². The second kappa shape index (κ2) is 13.6. The molecule has 0 heterocycles. The Bertz CT molecular complexity index is 948. The molecule has 198 valence electrons. The first-order valence-electron chi connectivity index (χ1n) is 12.6. The van der Waals surface area contributed by atoms with Gasteiger partial charge >= 0.3 is 6.09 Å². The third-order valence-electron chi connectivity index (χ3n) is 6.58. The summed E-state index contributed by atoms with van der Waals surface area (Å²) in [5.41, 5.74) is 8.36. The van der Waals surface area contributed by atoms with E-state index in [1.54, 1.807) is 0 Å². The van der Waals surface area contributed by atoms with Gasteiger partial charge in [-0.15, -0.1) is 0 Å². The minimum Gasteiger partial charge on any atom is -0.445 e. The molecule has 7 nitrogen and oxygen atoms in total. The number of carbonyl (C=O) groups excluding carboxylic acids is 2. The van der Waals surface area contributed by atoms with Gasteiger partial charge in [-0.1, -0.05) is 81.4 Å². The summed E-state index contributed by atoms with van der Waals surface area (Å²) in [6, 6.07) is 18.7. The summed E-state index contributed by atoms with van der Waals surface area (Å²) in [7, 11) is -2.18. The minimum atomic E-state index is -2.18. The van der Waals surface area contributed by atoms with Crippen LogP contribution in [0.15, 0.2) is 60.7 Å². The third-order valence-corrected chi connectivity index (χ3v) is 11.1. The van der Waals surface area contributed by atoms with E-state index in [4.69, 9.17) is 14.9 Å². The van der Waals surface area contributed by atoms with Crippen LogP contribution in [0.25, 0.3) is 0 Å². The maximum Gasteiger partial charge on any atom is 0.407 e. The molecule has 2 aromatic carbocycles. The van der Waals surface area contributed by atoms with E-state index < -0.39 is 26.6 Å². The summed E-state index contributed by atoms with van der Waals surface area (Å²) in [6.07, 6.45) is 0.0606.